The summed E-state index contributed by atoms with van der Waals surface area (Å²) in [4.78, 5) is 19.1. The smallest absolute Gasteiger partial charge is 0.257 e. The molecule has 4 nitrogen and oxygen atoms in total. The van der Waals surface area contributed by atoms with Crippen molar-refractivity contribution in [2.75, 3.05) is 18.4 Å². The molecule has 0 spiro atoms. The molecule has 0 aromatic carbocycles. The molecule has 20 heavy (non-hydrogen) atoms. The van der Waals surface area contributed by atoms with Crippen molar-refractivity contribution in [1.29, 1.82) is 0 Å². The first kappa shape index (κ1) is 15.3. The molecule has 0 radical (unpaired) electrons. The highest BCUT2D eigenvalue weighted by molar-refractivity contribution is 9.10. The summed E-state index contributed by atoms with van der Waals surface area (Å²) in [6, 6.07) is 2.16. The molecule has 2 rings (SSSR count). The van der Waals surface area contributed by atoms with Crippen molar-refractivity contribution in [2.45, 2.75) is 39.7 Å². The number of anilines is 1. The molecule has 0 saturated carbocycles. The van der Waals surface area contributed by atoms with E-state index in [2.05, 4.69) is 40.1 Å². The first-order valence-corrected chi connectivity index (χ1v) is 8.02. The van der Waals surface area contributed by atoms with E-state index in [-0.39, 0.29) is 5.91 Å². The van der Waals surface area contributed by atoms with Crippen LogP contribution >= 0.6 is 15.9 Å². The van der Waals surface area contributed by atoms with E-state index in [1.54, 1.807) is 6.20 Å². The van der Waals surface area contributed by atoms with Gasteiger partial charge < -0.3 is 10.2 Å². The standard InChI is InChI=1S/C15H22BrN3O/c1-4-17-14-13(7-12(16)8-18-14)15(20)19-9-10(2)5-6-11(19)3/h7-8,10-11H,4-6,9H2,1-3H3,(H,17,18). The molecule has 5 heteroatoms. The van der Waals surface area contributed by atoms with Gasteiger partial charge in [-0.3, -0.25) is 4.79 Å². The molecule has 1 amide bonds. The van der Waals surface area contributed by atoms with Gasteiger partial charge in [-0.1, -0.05) is 6.92 Å². The third-order valence-corrected chi connectivity index (χ3v) is 4.24. The normalized spacial score (nSPS) is 22.7. The molecule has 1 saturated heterocycles. The van der Waals surface area contributed by atoms with E-state index in [9.17, 15) is 4.79 Å². The van der Waals surface area contributed by atoms with Gasteiger partial charge in [0.2, 0.25) is 0 Å². The van der Waals surface area contributed by atoms with Gasteiger partial charge in [-0.05, 0) is 54.6 Å². The van der Waals surface area contributed by atoms with Crippen LogP contribution in [-0.4, -0.2) is 34.9 Å². The summed E-state index contributed by atoms with van der Waals surface area (Å²) in [6.45, 7) is 7.92. The largest absolute Gasteiger partial charge is 0.370 e. The number of hydrogen-bond acceptors (Lipinski definition) is 3. The van der Waals surface area contributed by atoms with Gasteiger partial charge in [0.1, 0.15) is 5.82 Å². The van der Waals surface area contributed by atoms with Crippen LogP contribution in [0.15, 0.2) is 16.7 Å². The summed E-state index contributed by atoms with van der Waals surface area (Å²) < 4.78 is 0.834. The number of rotatable bonds is 3. The lowest BCUT2D eigenvalue weighted by Gasteiger charge is -2.37. The Morgan fingerprint density at radius 2 is 2.25 bits per heavy atom. The molecule has 2 unspecified atom stereocenters. The van der Waals surface area contributed by atoms with Crippen LogP contribution in [0, 0.1) is 5.92 Å². The van der Waals surface area contributed by atoms with Crippen LogP contribution in [0.1, 0.15) is 44.0 Å². The fourth-order valence-electron chi connectivity index (χ4n) is 2.64. The van der Waals surface area contributed by atoms with Gasteiger partial charge in [-0.2, -0.15) is 0 Å². The maximum atomic E-state index is 12.8. The molecule has 2 heterocycles. The Bertz CT molecular complexity index is 492. The van der Waals surface area contributed by atoms with E-state index in [0.717, 1.165) is 24.0 Å². The second-order valence-electron chi connectivity index (χ2n) is 5.57. The van der Waals surface area contributed by atoms with Crippen LogP contribution in [0.5, 0.6) is 0 Å². The maximum absolute atomic E-state index is 12.8. The van der Waals surface area contributed by atoms with Gasteiger partial charge >= 0.3 is 0 Å². The lowest BCUT2D eigenvalue weighted by molar-refractivity contribution is 0.0574. The summed E-state index contributed by atoms with van der Waals surface area (Å²) in [7, 11) is 0. The van der Waals surface area contributed by atoms with Crippen molar-refractivity contribution in [2.24, 2.45) is 5.92 Å². The van der Waals surface area contributed by atoms with Crippen molar-refractivity contribution in [3.05, 3.63) is 22.3 Å². The number of nitrogens with zero attached hydrogens (tertiary/aromatic N) is 2. The monoisotopic (exact) mass is 339 g/mol. The molecule has 0 aliphatic carbocycles. The molecule has 1 fully saturated rings. The number of carbonyl (C=O) groups excluding carboxylic acids is 1. The Kier molecular flexibility index (Phi) is 5.02. The zero-order chi connectivity index (χ0) is 14.7. The number of aromatic nitrogens is 1. The van der Waals surface area contributed by atoms with Crippen molar-refractivity contribution in [1.82, 2.24) is 9.88 Å². The molecule has 0 bridgehead atoms. The third-order valence-electron chi connectivity index (χ3n) is 3.81. The van der Waals surface area contributed by atoms with Gasteiger partial charge in [0.05, 0.1) is 5.56 Å². The minimum Gasteiger partial charge on any atom is -0.370 e. The Morgan fingerprint density at radius 3 is 2.95 bits per heavy atom. The summed E-state index contributed by atoms with van der Waals surface area (Å²) in [5.74, 6) is 1.32. The Labute approximate surface area is 129 Å². The van der Waals surface area contributed by atoms with Gasteiger partial charge in [0.25, 0.3) is 5.91 Å². The molecule has 1 aliphatic heterocycles. The van der Waals surface area contributed by atoms with Crippen LogP contribution in [0.25, 0.3) is 0 Å². The van der Waals surface area contributed by atoms with E-state index in [1.807, 2.05) is 17.9 Å². The molecule has 1 aliphatic rings. The summed E-state index contributed by atoms with van der Waals surface area (Å²) in [5, 5.41) is 3.17. The topological polar surface area (TPSA) is 45.2 Å². The van der Waals surface area contributed by atoms with E-state index in [4.69, 9.17) is 0 Å². The predicted molar refractivity (Wildman–Crippen MR) is 85.0 cm³/mol. The third kappa shape index (κ3) is 3.32. The Balaban J connectivity index is 2.29. The number of carbonyl (C=O) groups is 1. The molecule has 2 atom stereocenters. The SMILES string of the molecule is CCNc1ncc(Br)cc1C(=O)N1CC(C)CCC1C. The first-order chi connectivity index (χ1) is 9.52. The van der Waals surface area contributed by atoms with Crippen LogP contribution in [0.3, 0.4) is 0 Å². The molecular weight excluding hydrogens is 318 g/mol. The minimum absolute atomic E-state index is 0.0776. The minimum atomic E-state index is 0.0776. The van der Waals surface area contributed by atoms with Gasteiger partial charge in [-0.25, -0.2) is 4.98 Å². The van der Waals surface area contributed by atoms with Gasteiger partial charge in [0, 0.05) is 29.8 Å². The number of halogens is 1. The number of nitrogens with one attached hydrogen (secondary N) is 1. The van der Waals surface area contributed by atoms with Gasteiger partial charge in [-0.15, -0.1) is 0 Å². The van der Waals surface area contributed by atoms with E-state index in [1.165, 1.54) is 6.42 Å². The quantitative estimate of drug-likeness (QED) is 0.915. The second kappa shape index (κ2) is 6.57. The summed E-state index contributed by atoms with van der Waals surface area (Å²) in [6.07, 6.45) is 3.99. The molecule has 110 valence electrons. The Morgan fingerprint density at radius 1 is 1.50 bits per heavy atom. The van der Waals surface area contributed by atoms with Crippen molar-refractivity contribution >= 4 is 27.7 Å². The van der Waals surface area contributed by atoms with Crippen LogP contribution < -0.4 is 5.32 Å². The highest BCUT2D eigenvalue weighted by Gasteiger charge is 2.29. The predicted octanol–water partition coefficient (Wildman–Crippen LogP) is 3.54. The van der Waals surface area contributed by atoms with Crippen molar-refractivity contribution in [3.63, 3.8) is 0 Å². The van der Waals surface area contributed by atoms with Crippen LogP contribution in [-0.2, 0) is 0 Å². The zero-order valence-corrected chi connectivity index (χ0v) is 13.9. The number of hydrogen-bond donors (Lipinski definition) is 1. The highest BCUT2D eigenvalue weighted by Crippen LogP contribution is 2.26. The zero-order valence-electron chi connectivity index (χ0n) is 12.3. The molecule has 1 N–H and O–H groups in total. The second-order valence-corrected chi connectivity index (χ2v) is 6.48. The molecule has 1 aromatic heterocycles. The van der Waals surface area contributed by atoms with E-state index < -0.39 is 0 Å². The molecular formula is C15H22BrN3O. The van der Waals surface area contributed by atoms with E-state index >= 15 is 0 Å². The first-order valence-electron chi connectivity index (χ1n) is 7.23. The van der Waals surface area contributed by atoms with Crippen molar-refractivity contribution in [3.8, 4) is 0 Å². The van der Waals surface area contributed by atoms with Gasteiger partial charge in [0.15, 0.2) is 0 Å². The summed E-state index contributed by atoms with van der Waals surface area (Å²) >= 11 is 3.41. The Hall–Kier alpha value is -1.10. The number of amides is 1. The summed E-state index contributed by atoms with van der Waals surface area (Å²) in [5.41, 5.74) is 0.655. The lowest BCUT2D eigenvalue weighted by atomic mass is 9.94. The van der Waals surface area contributed by atoms with E-state index in [0.29, 0.717) is 23.3 Å². The average Bonchev–Trinajstić information content (AvgIpc) is 2.43. The highest BCUT2D eigenvalue weighted by atomic mass is 79.9. The fourth-order valence-corrected chi connectivity index (χ4v) is 2.97. The fraction of sp³-hybridized carbons (Fsp3) is 0.600. The van der Waals surface area contributed by atoms with Crippen LogP contribution in [0.2, 0.25) is 0 Å². The maximum Gasteiger partial charge on any atom is 0.257 e. The number of piperidine rings is 1. The number of likely N-dealkylation sites (tertiary alicyclic amines) is 1. The molecule has 1 aromatic rings. The number of pyridine rings is 1. The lowest BCUT2D eigenvalue weighted by Crippen LogP contribution is -2.45. The average molecular weight is 340 g/mol. The van der Waals surface area contributed by atoms with Crippen LogP contribution in [0.4, 0.5) is 5.82 Å². The van der Waals surface area contributed by atoms with Crippen molar-refractivity contribution < 1.29 is 4.79 Å².